The molecule has 1 aliphatic heterocycles. The van der Waals surface area contributed by atoms with E-state index in [4.69, 9.17) is 4.74 Å². The van der Waals surface area contributed by atoms with E-state index in [1.54, 1.807) is 0 Å². The summed E-state index contributed by atoms with van der Waals surface area (Å²) in [4.78, 5) is 11.9. The Morgan fingerprint density at radius 1 is 1.35 bits per heavy atom. The molecule has 1 amide bonds. The van der Waals surface area contributed by atoms with E-state index in [9.17, 15) is 4.79 Å². The second-order valence-corrected chi connectivity index (χ2v) is 6.33. The Bertz CT molecular complexity index is 480. The van der Waals surface area contributed by atoms with Crippen molar-refractivity contribution in [2.75, 3.05) is 6.54 Å². The minimum Gasteiger partial charge on any atom is -0.444 e. The molecule has 2 N–H and O–H groups in total. The molecule has 0 aliphatic carbocycles. The third-order valence-electron chi connectivity index (χ3n) is 3.45. The second-order valence-electron chi connectivity index (χ2n) is 6.33. The molecule has 110 valence electrons. The number of amides is 1. The van der Waals surface area contributed by atoms with Crippen LogP contribution in [-0.4, -0.2) is 24.3 Å². The number of rotatable bonds is 2. The molecule has 1 aliphatic rings. The molecule has 20 heavy (non-hydrogen) atoms. The zero-order valence-corrected chi connectivity index (χ0v) is 12.7. The van der Waals surface area contributed by atoms with Crippen molar-refractivity contribution in [3.63, 3.8) is 0 Å². The minimum atomic E-state index is -0.464. The summed E-state index contributed by atoms with van der Waals surface area (Å²) in [5, 5.41) is 6.45. The lowest BCUT2D eigenvalue weighted by Crippen LogP contribution is -2.41. The standard InChI is InChI=1S/C16H24N2O2/c1-11-7-5-6-8-12(11)14-13(9-10-17-14)18-15(19)20-16(2,3)4/h5-8,13-14,17H,9-10H2,1-4H3,(H,18,19)/t13-,14-/m1/s1. The van der Waals surface area contributed by atoms with Gasteiger partial charge in [0.05, 0.1) is 12.1 Å². The molecule has 1 saturated heterocycles. The highest BCUT2D eigenvalue weighted by Crippen LogP contribution is 2.26. The van der Waals surface area contributed by atoms with E-state index in [0.29, 0.717) is 0 Å². The lowest BCUT2D eigenvalue weighted by Gasteiger charge is -2.25. The van der Waals surface area contributed by atoms with Gasteiger partial charge in [0, 0.05) is 0 Å². The molecule has 2 atom stereocenters. The zero-order valence-electron chi connectivity index (χ0n) is 12.7. The first-order valence-corrected chi connectivity index (χ1v) is 7.15. The molecule has 0 spiro atoms. The highest BCUT2D eigenvalue weighted by atomic mass is 16.6. The maximum absolute atomic E-state index is 11.9. The molecule has 1 aromatic carbocycles. The molecule has 1 fully saturated rings. The van der Waals surface area contributed by atoms with Crippen LogP contribution in [0.5, 0.6) is 0 Å². The second kappa shape index (κ2) is 5.83. The van der Waals surface area contributed by atoms with E-state index in [2.05, 4.69) is 29.7 Å². The molecule has 0 bridgehead atoms. The SMILES string of the molecule is Cc1ccccc1[C@H]1NCC[C@H]1NC(=O)OC(C)(C)C. The van der Waals surface area contributed by atoms with Gasteiger partial charge in [-0.05, 0) is 51.8 Å². The molecule has 0 saturated carbocycles. The molecule has 2 rings (SSSR count). The summed E-state index contributed by atoms with van der Waals surface area (Å²) in [5.74, 6) is 0. The van der Waals surface area contributed by atoms with Crippen LogP contribution < -0.4 is 10.6 Å². The fourth-order valence-corrected chi connectivity index (χ4v) is 2.58. The first kappa shape index (κ1) is 14.9. The Hall–Kier alpha value is -1.55. The van der Waals surface area contributed by atoms with E-state index >= 15 is 0 Å². The van der Waals surface area contributed by atoms with Gasteiger partial charge in [0.15, 0.2) is 0 Å². The summed E-state index contributed by atoms with van der Waals surface area (Å²) in [6.07, 6.45) is 0.572. The summed E-state index contributed by atoms with van der Waals surface area (Å²) in [6, 6.07) is 8.51. The van der Waals surface area contributed by atoms with E-state index in [-0.39, 0.29) is 18.2 Å². The Kier molecular flexibility index (Phi) is 4.33. The van der Waals surface area contributed by atoms with Crippen molar-refractivity contribution in [2.45, 2.75) is 51.8 Å². The van der Waals surface area contributed by atoms with Gasteiger partial charge >= 0.3 is 6.09 Å². The normalized spacial score (nSPS) is 22.6. The van der Waals surface area contributed by atoms with Gasteiger partial charge in [-0.25, -0.2) is 4.79 Å². The average molecular weight is 276 g/mol. The van der Waals surface area contributed by atoms with Gasteiger partial charge in [0.2, 0.25) is 0 Å². The van der Waals surface area contributed by atoms with Gasteiger partial charge in [-0.1, -0.05) is 24.3 Å². The smallest absolute Gasteiger partial charge is 0.407 e. The Morgan fingerprint density at radius 2 is 2.05 bits per heavy atom. The molecular formula is C16H24N2O2. The van der Waals surface area contributed by atoms with E-state index in [0.717, 1.165) is 13.0 Å². The first-order chi connectivity index (χ1) is 9.37. The number of carbonyl (C=O) groups excluding carboxylic acids is 1. The maximum Gasteiger partial charge on any atom is 0.407 e. The first-order valence-electron chi connectivity index (χ1n) is 7.15. The predicted octanol–water partition coefficient (Wildman–Crippen LogP) is 2.92. The van der Waals surface area contributed by atoms with Crippen LogP contribution in [0.2, 0.25) is 0 Å². The van der Waals surface area contributed by atoms with Crippen molar-refractivity contribution in [1.29, 1.82) is 0 Å². The van der Waals surface area contributed by atoms with Gasteiger partial charge < -0.3 is 15.4 Å². The lowest BCUT2D eigenvalue weighted by molar-refractivity contribution is 0.0500. The van der Waals surface area contributed by atoms with Crippen molar-refractivity contribution in [3.05, 3.63) is 35.4 Å². The number of hydrogen-bond acceptors (Lipinski definition) is 3. The lowest BCUT2D eigenvalue weighted by atomic mass is 9.97. The monoisotopic (exact) mass is 276 g/mol. The number of ether oxygens (including phenoxy) is 1. The molecule has 1 heterocycles. The number of carbonyl (C=O) groups is 1. The highest BCUT2D eigenvalue weighted by Gasteiger charge is 2.31. The summed E-state index contributed by atoms with van der Waals surface area (Å²) in [7, 11) is 0. The van der Waals surface area contributed by atoms with Crippen LogP contribution in [0.4, 0.5) is 4.79 Å². The third-order valence-corrected chi connectivity index (χ3v) is 3.45. The van der Waals surface area contributed by atoms with Crippen LogP contribution >= 0.6 is 0 Å². The minimum absolute atomic E-state index is 0.0750. The summed E-state index contributed by atoms with van der Waals surface area (Å²) in [5.41, 5.74) is 2.02. The molecule has 1 aromatic rings. The number of nitrogens with one attached hydrogen (secondary N) is 2. The number of hydrogen-bond donors (Lipinski definition) is 2. The van der Waals surface area contributed by atoms with Gasteiger partial charge in [0.1, 0.15) is 5.60 Å². The highest BCUT2D eigenvalue weighted by molar-refractivity contribution is 5.68. The number of aryl methyl sites for hydroxylation is 1. The van der Waals surface area contributed by atoms with Crippen molar-refractivity contribution in [2.24, 2.45) is 0 Å². The number of alkyl carbamates (subject to hydrolysis) is 1. The van der Waals surface area contributed by atoms with E-state index in [1.165, 1.54) is 11.1 Å². The molecule has 4 nitrogen and oxygen atoms in total. The van der Waals surface area contributed by atoms with Crippen molar-refractivity contribution < 1.29 is 9.53 Å². The van der Waals surface area contributed by atoms with Crippen LogP contribution in [0.15, 0.2) is 24.3 Å². The topological polar surface area (TPSA) is 50.4 Å². The summed E-state index contributed by atoms with van der Waals surface area (Å²) in [6.45, 7) is 8.62. The average Bonchev–Trinajstić information content (AvgIpc) is 2.75. The zero-order chi connectivity index (χ0) is 14.8. The van der Waals surface area contributed by atoms with E-state index in [1.807, 2.05) is 32.9 Å². The summed E-state index contributed by atoms with van der Waals surface area (Å²) < 4.78 is 5.34. The fourth-order valence-electron chi connectivity index (χ4n) is 2.58. The molecule has 4 heteroatoms. The molecule has 0 radical (unpaired) electrons. The Balaban J connectivity index is 2.05. The van der Waals surface area contributed by atoms with Gasteiger partial charge in [-0.3, -0.25) is 0 Å². The van der Waals surface area contributed by atoms with Crippen molar-refractivity contribution in [3.8, 4) is 0 Å². The van der Waals surface area contributed by atoms with Crippen molar-refractivity contribution in [1.82, 2.24) is 10.6 Å². The Morgan fingerprint density at radius 3 is 2.70 bits per heavy atom. The number of benzene rings is 1. The van der Waals surface area contributed by atoms with E-state index < -0.39 is 5.60 Å². The fraction of sp³-hybridized carbons (Fsp3) is 0.562. The van der Waals surface area contributed by atoms with Crippen LogP contribution in [0.3, 0.4) is 0 Å². The van der Waals surface area contributed by atoms with Crippen LogP contribution in [-0.2, 0) is 4.74 Å². The molecule has 0 unspecified atom stereocenters. The quantitative estimate of drug-likeness (QED) is 0.873. The third kappa shape index (κ3) is 3.73. The molecular weight excluding hydrogens is 252 g/mol. The predicted molar refractivity (Wildman–Crippen MR) is 79.7 cm³/mol. The largest absolute Gasteiger partial charge is 0.444 e. The van der Waals surface area contributed by atoms with Gasteiger partial charge in [0.25, 0.3) is 0 Å². The van der Waals surface area contributed by atoms with Crippen molar-refractivity contribution >= 4 is 6.09 Å². The maximum atomic E-state index is 11.9. The molecule has 0 aromatic heterocycles. The Labute approximate surface area is 120 Å². The van der Waals surface area contributed by atoms with Gasteiger partial charge in [-0.15, -0.1) is 0 Å². The van der Waals surface area contributed by atoms with Crippen LogP contribution in [0, 0.1) is 6.92 Å². The van der Waals surface area contributed by atoms with Crippen LogP contribution in [0.25, 0.3) is 0 Å². The summed E-state index contributed by atoms with van der Waals surface area (Å²) >= 11 is 0. The van der Waals surface area contributed by atoms with Gasteiger partial charge in [-0.2, -0.15) is 0 Å². The van der Waals surface area contributed by atoms with Crippen LogP contribution in [0.1, 0.15) is 44.4 Å².